The molecule has 1 unspecified atom stereocenters. The van der Waals surface area contributed by atoms with Crippen LogP contribution >= 0.6 is 23.4 Å². The first kappa shape index (κ1) is 23.6. The molecule has 1 aliphatic carbocycles. The SMILES string of the molecule is CC(Sc1nnc(-c2ccccc2Cl)n1-c1cccc(C(F)(F)F)c1)C(=O)NC1CCCC1. The smallest absolute Gasteiger partial charge is 0.352 e. The van der Waals surface area contributed by atoms with Gasteiger partial charge in [-0.1, -0.05) is 54.4 Å². The summed E-state index contributed by atoms with van der Waals surface area (Å²) in [5.74, 6) is 0.163. The van der Waals surface area contributed by atoms with E-state index >= 15 is 0 Å². The summed E-state index contributed by atoms with van der Waals surface area (Å²) in [7, 11) is 0. The summed E-state index contributed by atoms with van der Waals surface area (Å²) in [6.07, 6.45) is -0.397. The van der Waals surface area contributed by atoms with Gasteiger partial charge in [0.15, 0.2) is 11.0 Å². The van der Waals surface area contributed by atoms with Gasteiger partial charge in [0.25, 0.3) is 0 Å². The molecule has 0 saturated heterocycles. The number of hydrogen-bond acceptors (Lipinski definition) is 4. The fourth-order valence-electron chi connectivity index (χ4n) is 3.82. The molecule has 1 saturated carbocycles. The number of aromatic nitrogens is 3. The Labute approximate surface area is 198 Å². The number of alkyl halides is 3. The van der Waals surface area contributed by atoms with Crippen molar-refractivity contribution in [3.05, 3.63) is 59.1 Å². The fourth-order valence-corrected chi connectivity index (χ4v) is 4.91. The minimum Gasteiger partial charge on any atom is -0.352 e. The van der Waals surface area contributed by atoms with Gasteiger partial charge in [0, 0.05) is 11.6 Å². The maximum Gasteiger partial charge on any atom is 0.416 e. The van der Waals surface area contributed by atoms with Crippen molar-refractivity contribution in [1.82, 2.24) is 20.1 Å². The third-order valence-electron chi connectivity index (χ3n) is 5.53. The standard InChI is InChI=1S/C23H22ClF3N4OS/c1-14(21(32)28-16-8-2-3-9-16)33-22-30-29-20(18-11-4-5-12-19(18)24)31(22)17-10-6-7-15(13-17)23(25,26)27/h4-7,10-14,16H,2-3,8-9H2,1H3,(H,28,32). The Morgan fingerprint density at radius 3 is 2.58 bits per heavy atom. The number of rotatable bonds is 6. The highest BCUT2D eigenvalue weighted by Gasteiger charge is 2.31. The van der Waals surface area contributed by atoms with Crippen LogP contribution in [0, 0.1) is 0 Å². The van der Waals surface area contributed by atoms with E-state index in [1.54, 1.807) is 37.3 Å². The first-order chi connectivity index (χ1) is 15.7. The molecule has 33 heavy (non-hydrogen) atoms. The zero-order valence-electron chi connectivity index (χ0n) is 17.8. The van der Waals surface area contributed by atoms with Crippen molar-refractivity contribution in [3.8, 4) is 17.1 Å². The average Bonchev–Trinajstić information content (AvgIpc) is 3.43. The van der Waals surface area contributed by atoms with Crippen LogP contribution in [-0.4, -0.2) is 32.0 Å². The molecule has 0 radical (unpaired) electrons. The molecule has 3 aromatic rings. The van der Waals surface area contributed by atoms with E-state index in [-0.39, 0.29) is 17.6 Å². The molecule has 1 amide bonds. The van der Waals surface area contributed by atoms with Gasteiger partial charge in [-0.05, 0) is 50.1 Å². The van der Waals surface area contributed by atoms with Gasteiger partial charge in [0.2, 0.25) is 5.91 Å². The summed E-state index contributed by atoms with van der Waals surface area (Å²) in [5, 5.41) is 11.7. The van der Waals surface area contributed by atoms with Crippen LogP contribution in [-0.2, 0) is 11.0 Å². The van der Waals surface area contributed by atoms with E-state index in [1.165, 1.54) is 10.6 Å². The normalized spacial score (nSPS) is 15.5. The van der Waals surface area contributed by atoms with Crippen LogP contribution < -0.4 is 5.32 Å². The molecule has 2 aromatic carbocycles. The van der Waals surface area contributed by atoms with Crippen molar-refractivity contribution in [2.45, 2.75) is 55.2 Å². The molecule has 0 bridgehead atoms. The summed E-state index contributed by atoms with van der Waals surface area (Å²) < 4.78 is 41.7. The minimum atomic E-state index is -4.50. The first-order valence-corrected chi connectivity index (χ1v) is 11.8. The van der Waals surface area contributed by atoms with Crippen molar-refractivity contribution in [2.24, 2.45) is 0 Å². The Morgan fingerprint density at radius 1 is 1.15 bits per heavy atom. The number of amides is 1. The van der Waals surface area contributed by atoms with Crippen LogP contribution in [0.2, 0.25) is 5.02 Å². The van der Waals surface area contributed by atoms with Crippen LogP contribution in [0.4, 0.5) is 13.2 Å². The lowest BCUT2D eigenvalue weighted by molar-refractivity contribution is -0.137. The summed E-state index contributed by atoms with van der Waals surface area (Å²) in [5.41, 5.74) is -0.0311. The topological polar surface area (TPSA) is 59.8 Å². The quantitative estimate of drug-likeness (QED) is 0.418. The Bertz CT molecular complexity index is 1140. The molecule has 174 valence electrons. The van der Waals surface area contributed by atoms with E-state index in [2.05, 4.69) is 15.5 Å². The molecule has 4 rings (SSSR count). The van der Waals surface area contributed by atoms with Gasteiger partial charge in [-0.15, -0.1) is 10.2 Å². The van der Waals surface area contributed by atoms with Crippen LogP contribution in [0.25, 0.3) is 17.1 Å². The van der Waals surface area contributed by atoms with Crippen LogP contribution in [0.1, 0.15) is 38.2 Å². The zero-order valence-corrected chi connectivity index (χ0v) is 19.3. The lowest BCUT2D eigenvalue weighted by Gasteiger charge is -2.17. The van der Waals surface area contributed by atoms with Crippen LogP contribution in [0.3, 0.4) is 0 Å². The average molecular weight is 495 g/mol. The van der Waals surface area contributed by atoms with E-state index < -0.39 is 17.0 Å². The fraction of sp³-hybridized carbons (Fsp3) is 0.348. The Hall–Kier alpha value is -2.52. The molecular weight excluding hydrogens is 473 g/mol. The Kier molecular flexibility index (Phi) is 6.99. The third kappa shape index (κ3) is 5.35. The molecule has 1 aromatic heterocycles. The number of halogens is 4. The Balaban J connectivity index is 1.72. The lowest BCUT2D eigenvalue weighted by atomic mass is 10.1. The molecule has 0 aliphatic heterocycles. The summed E-state index contributed by atoms with van der Waals surface area (Å²) >= 11 is 7.49. The number of nitrogens with one attached hydrogen (secondary N) is 1. The Morgan fingerprint density at radius 2 is 1.88 bits per heavy atom. The van der Waals surface area contributed by atoms with E-state index in [0.717, 1.165) is 49.6 Å². The minimum absolute atomic E-state index is 0.134. The highest BCUT2D eigenvalue weighted by Crippen LogP contribution is 2.36. The maximum absolute atomic E-state index is 13.4. The molecule has 5 nitrogen and oxygen atoms in total. The maximum atomic E-state index is 13.4. The van der Waals surface area contributed by atoms with Gasteiger partial charge in [-0.2, -0.15) is 13.2 Å². The molecule has 1 N–H and O–H groups in total. The van der Waals surface area contributed by atoms with Crippen molar-refractivity contribution < 1.29 is 18.0 Å². The highest BCUT2D eigenvalue weighted by atomic mass is 35.5. The lowest BCUT2D eigenvalue weighted by Crippen LogP contribution is -2.37. The number of carbonyl (C=O) groups is 1. The molecule has 0 spiro atoms. The van der Waals surface area contributed by atoms with Gasteiger partial charge in [-0.25, -0.2) is 0 Å². The molecule has 1 atom stereocenters. The molecule has 1 fully saturated rings. The summed E-state index contributed by atoms with van der Waals surface area (Å²) in [6, 6.07) is 12.0. The monoisotopic (exact) mass is 494 g/mol. The second-order valence-electron chi connectivity index (χ2n) is 7.92. The molecule has 1 aliphatic rings. The predicted molar refractivity (Wildman–Crippen MR) is 123 cm³/mol. The van der Waals surface area contributed by atoms with E-state index in [1.807, 2.05) is 0 Å². The van der Waals surface area contributed by atoms with Gasteiger partial charge in [-0.3, -0.25) is 9.36 Å². The largest absolute Gasteiger partial charge is 0.416 e. The summed E-state index contributed by atoms with van der Waals surface area (Å²) in [4.78, 5) is 12.7. The van der Waals surface area contributed by atoms with E-state index in [9.17, 15) is 18.0 Å². The first-order valence-electron chi connectivity index (χ1n) is 10.6. The van der Waals surface area contributed by atoms with Crippen molar-refractivity contribution in [1.29, 1.82) is 0 Å². The van der Waals surface area contributed by atoms with E-state index in [0.29, 0.717) is 21.6 Å². The third-order valence-corrected chi connectivity index (χ3v) is 6.91. The van der Waals surface area contributed by atoms with Gasteiger partial charge in [0.1, 0.15) is 0 Å². The van der Waals surface area contributed by atoms with Gasteiger partial charge in [0.05, 0.1) is 21.5 Å². The predicted octanol–water partition coefficient (Wildman–Crippen LogP) is 6.15. The van der Waals surface area contributed by atoms with Crippen LogP contribution in [0.5, 0.6) is 0 Å². The van der Waals surface area contributed by atoms with E-state index in [4.69, 9.17) is 11.6 Å². The second-order valence-corrected chi connectivity index (χ2v) is 9.63. The van der Waals surface area contributed by atoms with Gasteiger partial charge < -0.3 is 5.32 Å². The highest BCUT2D eigenvalue weighted by molar-refractivity contribution is 8.00. The summed E-state index contributed by atoms with van der Waals surface area (Å²) in [6.45, 7) is 1.75. The molecular formula is C23H22ClF3N4OS. The second kappa shape index (κ2) is 9.77. The van der Waals surface area contributed by atoms with Crippen LogP contribution in [0.15, 0.2) is 53.7 Å². The zero-order chi connectivity index (χ0) is 23.6. The van der Waals surface area contributed by atoms with Crippen molar-refractivity contribution >= 4 is 29.3 Å². The number of nitrogens with zero attached hydrogens (tertiary/aromatic N) is 3. The van der Waals surface area contributed by atoms with Gasteiger partial charge >= 0.3 is 6.18 Å². The number of carbonyl (C=O) groups excluding carboxylic acids is 1. The number of thioether (sulfide) groups is 1. The molecule has 10 heteroatoms. The van der Waals surface area contributed by atoms with Crippen molar-refractivity contribution in [3.63, 3.8) is 0 Å². The molecule has 1 heterocycles. The number of hydrogen-bond donors (Lipinski definition) is 1. The van der Waals surface area contributed by atoms with Crippen molar-refractivity contribution in [2.75, 3.05) is 0 Å². The number of benzene rings is 2.